The van der Waals surface area contributed by atoms with Crippen LogP contribution in [0.5, 0.6) is 0 Å². The number of hydrogen-bond acceptors (Lipinski definition) is 1. The van der Waals surface area contributed by atoms with Crippen molar-refractivity contribution < 1.29 is 0 Å². The molecule has 0 bridgehead atoms. The SMILES string of the molecule is c1ccc(N(c2ccccc2)c2c3cc4ccccc4cc3cc3cc4ccccc4cc23)cc1. The monoisotopic (exact) mass is 445 g/mol. The molecular formula is C34H23N. The molecule has 0 spiro atoms. The molecule has 164 valence electrons. The van der Waals surface area contributed by atoms with Gasteiger partial charge in [-0.15, -0.1) is 0 Å². The Morgan fingerprint density at radius 2 is 0.657 bits per heavy atom. The van der Waals surface area contributed by atoms with Crippen LogP contribution in [0.2, 0.25) is 0 Å². The van der Waals surface area contributed by atoms with E-state index in [0.717, 1.165) is 11.4 Å². The van der Waals surface area contributed by atoms with Crippen LogP contribution in [0.3, 0.4) is 0 Å². The fourth-order valence-corrected chi connectivity index (χ4v) is 5.28. The maximum atomic E-state index is 2.41. The van der Waals surface area contributed by atoms with Gasteiger partial charge in [-0.25, -0.2) is 0 Å². The fourth-order valence-electron chi connectivity index (χ4n) is 5.28. The Hall–Kier alpha value is -4.62. The molecule has 0 amide bonds. The molecule has 0 atom stereocenters. The molecule has 0 aliphatic heterocycles. The predicted molar refractivity (Wildman–Crippen MR) is 151 cm³/mol. The van der Waals surface area contributed by atoms with E-state index in [1.54, 1.807) is 0 Å². The van der Waals surface area contributed by atoms with Crippen LogP contribution in [0.1, 0.15) is 0 Å². The van der Waals surface area contributed by atoms with Gasteiger partial charge in [0.05, 0.1) is 5.69 Å². The highest BCUT2D eigenvalue weighted by atomic mass is 15.1. The molecule has 0 aliphatic rings. The van der Waals surface area contributed by atoms with Gasteiger partial charge in [-0.1, -0.05) is 84.9 Å². The number of nitrogens with zero attached hydrogens (tertiary/aromatic N) is 1. The van der Waals surface area contributed by atoms with E-state index in [1.807, 2.05) is 0 Å². The van der Waals surface area contributed by atoms with Crippen molar-refractivity contribution in [3.63, 3.8) is 0 Å². The fraction of sp³-hybridized carbons (Fsp3) is 0. The van der Waals surface area contributed by atoms with Gasteiger partial charge in [-0.05, 0) is 86.9 Å². The summed E-state index contributed by atoms with van der Waals surface area (Å²) in [6.45, 7) is 0. The lowest BCUT2D eigenvalue weighted by molar-refractivity contribution is 1.31. The normalized spacial score (nSPS) is 11.4. The first-order chi connectivity index (χ1) is 17.3. The van der Waals surface area contributed by atoms with Crippen LogP contribution in [-0.4, -0.2) is 0 Å². The second-order valence-corrected chi connectivity index (χ2v) is 9.07. The molecule has 35 heavy (non-hydrogen) atoms. The molecule has 1 nitrogen and oxygen atoms in total. The highest BCUT2D eigenvalue weighted by Crippen LogP contribution is 2.45. The lowest BCUT2D eigenvalue weighted by Gasteiger charge is -2.28. The van der Waals surface area contributed by atoms with E-state index < -0.39 is 0 Å². The zero-order chi connectivity index (χ0) is 23.2. The Bertz CT molecular complexity index is 1700. The number of para-hydroxylation sites is 2. The number of fused-ring (bicyclic) bond motifs is 4. The molecule has 0 radical (unpaired) electrons. The summed E-state index contributed by atoms with van der Waals surface area (Å²) in [5.74, 6) is 0. The minimum Gasteiger partial charge on any atom is -0.309 e. The van der Waals surface area contributed by atoms with Crippen LogP contribution in [0.25, 0.3) is 43.1 Å². The van der Waals surface area contributed by atoms with Crippen molar-refractivity contribution in [1.82, 2.24) is 0 Å². The van der Waals surface area contributed by atoms with E-state index in [-0.39, 0.29) is 0 Å². The number of benzene rings is 7. The average molecular weight is 446 g/mol. The summed E-state index contributed by atoms with van der Waals surface area (Å²) in [4.78, 5) is 2.41. The maximum absolute atomic E-state index is 2.41. The third-order valence-corrected chi connectivity index (χ3v) is 6.91. The smallest absolute Gasteiger partial charge is 0.0618 e. The quantitative estimate of drug-likeness (QED) is 0.245. The first-order valence-electron chi connectivity index (χ1n) is 12.0. The Morgan fingerprint density at radius 3 is 1.09 bits per heavy atom. The molecule has 0 aromatic heterocycles. The first kappa shape index (κ1) is 19.8. The van der Waals surface area contributed by atoms with E-state index in [4.69, 9.17) is 0 Å². The lowest BCUT2D eigenvalue weighted by atomic mass is 9.94. The van der Waals surface area contributed by atoms with Crippen molar-refractivity contribution in [3.8, 4) is 0 Å². The molecule has 7 aromatic rings. The van der Waals surface area contributed by atoms with Crippen LogP contribution < -0.4 is 4.90 Å². The molecule has 0 saturated heterocycles. The number of anilines is 3. The molecule has 7 rings (SSSR count). The Morgan fingerprint density at radius 1 is 0.314 bits per heavy atom. The van der Waals surface area contributed by atoms with Gasteiger partial charge in [0.25, 0.3) is 0 Å². The summed E-state index contributed by atoms with van der Waals surface area (Å²) in [5, 5.41) is 10.0. The maximum Gasteiger partial charge on any atom is 0.0618 e. The van der Waals surface area contributed by atoms with Crippen molar-refractivity contribution in [2.75, 3.05) is 4.90 Å². The van der Waals surface area contributed by atoms with Crippen LogP contribution in [0.4, 0.5) is 17.1 Å². The molecule has 0 saturated carbocycles. The molecule has 0 fully saturated rings. The van der Waals surface area contributed by atoms with Gasteiger partial charge < -0.3 is 4.90 Å². The van der Waals surface area contributed by atoms with Crippen LogP contribution in [0.15, 0.2) is 140 Å². The Kier molecular flexibility index (Phi) is 4.53. The van der Waals surface area contributed by atoms with Gasteiger partial charge in [-0.3, -0.25) is 0 Å². The van der Waals surface area contributed by atoms with Crippen molar-refractivity contribution in [2.45, 2.75) is 0 Å². The van der Waals surface area contributed by atoms with E-state index in [1.165, 1.54) is 48.8 Å². The van der Waals surface area contributed by atoms with E-state index in [2.05, 4.69) is 144 Å². The predicted octanol–water partition coefficient (Wildman–Crippen LogP) is 9.77. The molecule has 0 aliphatic carbocycles. The summed E-state index contributed by atoms with van der Waals surface area (Å²) < 4.78 is 0. The van der Waals surface area contributed by atoms with Gasteiger partial charge in [0.2, 0.25) is 0 Å². The van der Waals surface area contributed by atoms with E-state index in [0.29, 0.717) is 0 Å². The number of rotatable bonds is 3. The van der Waals surface area contributed by atoms with Crippen LogP contribution in [-0.2, 0) is 0 Å². The highest BCUT2D eigenvalue weighted by molar-refractivity contribution is 6.19. The zero-order valence-electron chi connectivity index (χ0n) is 19.2. The minimum absolute atomic E-state index is 1.15. The molecule has 7 aromatic carbocycles. The first-order valence-corrected chi connectivity index (χ1v) is 12.0. The van der Waals surface area contributed by atoms with Gasteiger partial charge >= 0.3 is 0 Å². The van der Waals surface area contributed by atoms with Crippen molar-refractivity contribution >= 4 is 60.2 Å². The summed E-state index contributed by atoms with van der Waals surface area (Å²) in [6.07, 6.45) is 0. The van der Waals surface area contributed by atoms with Gasteiger partial charge in [0.15, 0.2) is 0 Å². The minimum atomic E-state index is 1.15. The Balaban J connectivity index is 1.69. The summed E-state index contributed by atoms with van der Waals surface area (Å²) in [5.41, 5.74) is 3.51. The standard InChI is InChI=1S/C34H23N/c1-3-15-30(16-4-1)35(31-17-5-2-6-18-31)34-32-22-26-13-9-7-11-24(26)19-28(32)21-29-20-25-12-8-10-14-27(25)23-33(29)34/h1-23H. The molecular weight excluding hydrogens is 422 g/mol. The Labute approximate surface area is 204 Å². The van der Waals surface area contributed by atoms with Crippen molar-refractivity contribution in [2.24, 2.45) is 0 Å². The van der Waals surface area contributed by atoms with Crippen LogP contribution in [0, 0.1) is 0 Å². The molecule has 1 heteroatoms. The van der Waals surface area contributed by atoms with Crippen molar-refractivity contribution in [3.05, 3.63) is 140 Å². The summed E-state index contributed by atoms with van der Waals surface area (Å²) in [6, 6.07) is 50.4. The summed E-state index contributed by atoms with van der Waals surface area (Å²) in [7, 11) is 0. The summed E-state index contributed by atoms with van der Waals surface area (Å²) >= 11 is 0. The van der Waals surface area contributed by atoms with Gasteiger partial charge in [0.1, 0.15) is 0 Å². The van der Waals surface area contributed by atoms with Crippen LogP contribution >= 0.6 is 0 Å². The molecule has 0 heterocycles. The second kappa shape index (κ2) is 8.00. The lowest BCUT2D eigenvalue weighted by Crippen LogP contribution is -2.11. The highest BCUT2D eigenvalue weighted by Gasteiger charge is 2.19. The van der Waals surface area contributed by atoms with Gasteiger partial charge in [-0.2, -0.15) is 0 Å². The van der Waals surface area contributed by atoms with E-state index in [9.17, 15) is 0 Å². The second-order valence-electron chi connectivity index (χ2n) is 9.07. The van der Waals surface area contributed by atoms with Gasteiger partial charge in [0, 0.05) is 22.1 Å². The average Bonchev–Trinajstić information content (AvgIpc) is 2.92. The van der Waals surface area contributed by atoms with E-state index >= 15 is 0 Å². The molecule has 0 unspecified atom stereocenters. The zero-order valence-corrected chi connectivity index (χ0v) is 19.2. The third-order valence-electron chi connectivity index (χ3n) is 6.91. The third kappa shape index (κ3) is 3.33. The van der Waals surface area contributed by atoms with Crippen molar-refractivity contribution in [1.29, 1.82) is 0 Å². The largest absolute Gasteiger partial charge is 0.309 e. The number of hydrogen-bond donors (Lipinski definition) is 0. The topological polar surface area (TPSA) is 3.24 Å². The molecule has 0 N–H and O–H groups in total.